The minimum absolute atomic E-state index is 0.428. The first-order valence-corrected chi connectivity index (χ1v) is 7.96. The second kappa shape index (κ2) is 4.60. The monoisotopic (exact) mass is 265 g/mol. The minimum Gasteiger partial charge on any atom is -0.305 e. The summed E-state index contributed by atoms with van der Waals surface area (Å²) < 4.78 is 0. The summed E-state index contributed by atoms with van der Waals surface area (Å²) in [6, 6.07) is 16.0. The normalized spacial score (nSPS) is 30.6. The molecule has 1 aliphatic carbocycles. The van der Waals surface area contributed by atoms with Crippen LogP contribution in [0.1, 0.15) is 31.2 Å². The van der Waals surface area contributed by atoms with Crippen LogP contribution in [-0.2, 0) is 5.41 Å². The number of likely N-dealkylation sites (N-methyl/N-ethyl adjacent to an activating group) is 1. The molecule has 1 saturated carbocycles. The molecule has 1 aliphatic heterocycles. The molecule has 2 aliphatic rings. The Bertz CT molecular complexity index is 632. The summed E-state index contributed by atoms with van der Waals surface area (Å²) in [5.41, 5.74) is 2.02. The van der Waals surface area contributed by atoms with Gasteiger partial charge >= 0.3 is 0 Å². The minimum atomic E-state index is 0.428. The number of fused-ring (bicyclic) bond motifs is 2. The van der Waals surface area contributed by atoms with Crippen molar-refractivity contribution in [1.82, 2.24) is 4.90 Å². The SMILES string of the molecule is CN1C[C@@H]2CCCC[C@]2(c2ccc3ccccc3c2)C1. The Morgan fingerprint density at radius 3 is 2.80 bits per heavy atom. The van der Waals surface area contributed by atoms with Crippen molar-refractivity contribution in [3.63, 3.8) is 0 Å². The van der Waals surface area contributed by atoms with Gasteiger partial charge in [0.15, 0.2) is 0 Å². The summed E-state index contributed by atoms with van der Waals surface area (Å²) in [5.74, 6) is 0.863. The van der Waals surface area contributed by atoms with Gasteiger partial charge in [-0.25, -0.2) is 0 Å². The topological polar surface area (TPSA) is 3.24 Å². The van der Waals surface area contributed by atoms with Crippen molar-refractivity contribution in [3.8, 4) is 0 Å². The molecule has 0 spiro atoms. The number of hydrogen-bond donors (Lipinski definition) is 0. The zero-order valence-electron chi connectivity index (χ0n) is 12.3. The van der Waals surface area contributed by atoms with Crippen molar-refractivity contribution in [2.75, 3.05) is 20.1 Å². The van der Waals surface area contributed by atoms with Crippen LogP contribution in [0.2, 0.25) is 0 Å². The summed E-state index contributed by atoms with van der Waals surface area (Å²) in [6.07, 6.45) is 5.61. The van der Waals surface area contributed by atoms with E-state index in [1.165, 1.54) is 49.5 Å². The number of likely N-dealkylation sites (tertiary alicyclic amines) is 1. The highest BCUT2D eigenvalue weighted by molar-refractivity contribution is 5.83. The number of hydrogen-bond acceptors (Lipinski definition) is 1. The summed E-state index contributed by atoms with van der Waals surface area (Å²) in [5, 5.41) is 2.77. The number of nitrogens with zero attached hydrogens (tertiary/aromatic N) is 1. The van der Waals surface area contributed by atoms with Crippen LogP contribution in [0.15, 0.2) is 42.5 Å². The Hall–Kier alpha value is -1.34. The van der Waals surface area contributed by atoms with Gasteiger partial charge in [0.2, 0.25) is 0 Å². The fourth-order valence-electron chi connectivity index (χ4n) is 4.68. The first kappa shape index (κ1) is 12.4. The Balaban J connectivity index is 1.83. The van der Waals surface area contributed by atoms with Gasteiger partial charge in [0.25, 0.3) is 0 Å². The van der Waals surface area contributed by atoms with Gasteiger partial charge in [0, 0.05) is 18.5 Å². The zero-order valence-corrected chi connectivity index (χ0v) is 12.3. The second-order valence-electron chi connectivity index (χ2n) is 6.86. The third-order valence-electron chi connectivity index (χ3n) is 5.62. The molecule has 0 bridgehead atoms. The lowest BCUT2D eigenvalue weighted by atomic mass is 9.64. The average molecular weight is 265 g/mol. The van der Waals surface area contributed by atoms with E-state index < -0.39 is 0 Å². The maximum Gasteiger partial charge on any atom is 0.0121 e. The molecule has 1 nitrogen and oxygen atoms in total. The lowest BCUT2D eigenvalue weighted by Crippen LogP contribution is -2.37. The largest absolute Gasteiger partial charge is 0.305 e. The third kappa shape index (κ3) is 1.80. The average Bonchev–Trinajstić information content (AvgIpc) is 2.83. The van der Waals surface area contributed by atoms with E-state index in [1.807, 2.05) is 0 Å². The van der Waals surface area contributed by atoms with Crippen LogP contribution >= 0.6 is 0 Å². The maximum absolute atomic E-state index is 2.55. The van der Waals surface area contributed by atoms with Crippen molar-refractivity contribution in [2.24, 2.45) is 5.92 Å². The van der Waals surface area contributed by atoms with E-state index in [9.17, 15) is 0 Å². The van der Waals surface area contributed by atoms with E-state index in [4.69, 9.17) is 0 Å². The van der Waals surface area contributed by atoms with Crippen LogP contribution in [0.4, 0.5) is 0 Å². The first-order valence-electron chi connectivity index (χ1n) is 7.96. The molecular weight excluding hydrogens is 242 g/mol. The van der Waals surface area contributed by atoms with Crippen LogP contribution in [0.25, 0.3) is 10.8 Å². The van der Waals surface area contributed by atoms with E-state index in [-0.39, 0.29) is 0 Å². The number of rotatable bonds is 1. The van der Waals surface area contributed by atoms with E-state index in [1.54, 1.807) is 5.56 Å². The molecular formula is C19H23N. The van der Waals surface area contributed by atoms with Gasteiger partial charge in [-0.2, -0.15) is 0 Å². The van der Waals surface area contributed by atoms with Crippen molar-refractivity contribution in [1.29, 1.82) is 0 Å². The molecule has 2 atom stereocenters. The molecule has 1 heterocycles. The van der Waals surface area contributed by atoms with Gasteiger partial charge in [-0.3, -0.25) is 0 Å². The van der Waals surface area contributed by atoms with Crippen LogP contribution in [0.5, 0.6) is 0 Å². The van der Waals surface area contributed by atoms with E-state index in [2.05, 4.69) is 54.4 Å². The summed E-state index contributed by atoms with van der Waals surface area (Å²) in [6.45, 7) is 2.53. The van der Waals surface area contributed by atoms with Gasteiger partial charge in [0.05, 0.1) is 0 Å². The lowest BCUT2D eigenvalue weighted by molar-refractivity contribution is 0.242. The van der Waals surface area contributed by atoms with Crippen LogP contribution < -0.4 is 0 Å². The summed E-state index contributed by atoms with van der Waals surface area (Å²) in [7, 11) is 2.29. The molecule has 2 aromatic carbocycles. The highest BCUT2D eigenvalue weighted by Crippen LogP contribution is 2.48. The molecule has 0 unspecified atom stereocenters. The van der Waals surface area contributed by atoms with Gasteiger partial charge in [-0.15, -0.1) is 0 Å². The molecule has 20 heavy (non-hydrogen) atoms. The van der Waals surface area contributed by atoms with Crippen LogP contribution in [-0.4, -0.2) is 25.0 Å². The smallest absolute Gasteiger partial charge is 0.0121 e. The Labute approximate surface area is 121 Å². The lowest BCUT2D eigenvalue weighted by Gasteiger charge is -2.39. The number of benzene rings is 2. The first-order chi connectivity index (χ1) is 9.78. The predicted octanol–water partition coefficient (Wildman–Crippen LogP) is 4.21. The van der Waals surface area contributed by atoms with Crippen LogP contribution in [0, 0.1) is 5.92 Å². The van der Waals surface area contributed by atoms with E-state index in [0.717, 1.165) is 5.92 Å². The molecule has 104 valence electrons. The van der Waals surface area contributed by atoms with Gasteiger partial charge in [-0.1, -0.05) is 55.3 Å². The molecule has 4 rings (SSSR count). The fourth-order valence-corrected chi connectivity index (χ4v) is 4.68. The van der Waals surface area contributed by atoms with E-state index in [0.29, 0.717) is 5.41 Å². The predicted molar refractivity (Wildman–Crippen MR) is 85.1 cm³/mol. The molecule has 0 radical (unpaired) electrons. The summed E-state index contributed by atoms with van der Waals surface area (Å²) in [4.78, 5) is 2.55. The van der Waals surface area contributed by atoms with Gasteiger partial charge in [0.1, 0.15) is 0 Å². The third-order valence-corrected chi connectivity index (χ3v) is 5.62. The molecule has 0 N–H and O–H groups in total. The maximum atomic E-state index is 2.55. The van der Waals surface area contributed by atoms with Crippen molar-refractivity contribution < 1.29 is 0 Å². The zero-order chi connectivity index (χ0) is 13.6. The van der Waals surface area contributed by atoms with Crippen molar-refractivity contribution in [3.05, 3.63) is 48.0 Å². The van der Waals surface area contributed by atoms with Crippen molar-refractivity contribution in [2.45, 2.75) is 31.1 Å². The Kier molecular flexibility index (Phi) is 2.85. The second-order valence-corrected chi connectivity index (χ2v) is 6.86. The molecule has 2 fully saturated rings. The molecule has 1 heteroatoms. The molecule has 1 saturated heterocycles. The highest BCUT2D eigenvalue weighted by atomic mass is 15.1. The van der Waals surface area contributed by atoms with Gasteiger partial charge < -0.3 is 4.90 Å². The van der Waals surface area contributed by atoms with E-state index >= 15 is 0 Å². The molecule has 0 amide bonds. The quantitative estimate of drug-likeness (QED) is 0.746. The molecule has 0 aromatic heterocycles. The highest BCUT2D eigenvalue weighted by Gasteiger charge is 2.47. The molecule has 2 aromatic rings. The Morgan fingerprint density at radius 1 is 1.05 bits per heavy atom. The van der Waals surface area contributed by atoms with Crippen LogP contribution in [0.3, 0.4) is 0 Å². The van der Waals surface area contributed by atoms with Gasteiger partial charge in [-0.05, 0) is 42.1 Å². The van der Waals surface area contributed by atoms with Crippen molar-refractivity contribution >= 4 is 10.8 Å². The fraction of sp³-hybridized carbons (Fsp3) is 0.474. The summed E-state index contributed by atoms with van der Waals surface area (Å²) >= 11 is 0. The Morgan fingerprint density at radius 2 is 1.90 bits per heavy atom. The standard InChI is InChI=1S/C19H23N/c1-20-13-18-8-4-5-11-19(18,14-20)17-10-9-15-6-2-3-7-16(15)12-17/h2-3,6-7,9-10,12,18H,4-5,8,11,13-14H2,1H3/t18-,19+/m0/s1.